The molecule has 1 aliphatic rings. The molecule has 0 saturated heterocycles. The van der Waals surface area contributed by atoms with E-state index in [0.29, 0.717) is 0 Å². The van der Waals surface area contributed by atoms with E-state index in [4.69, 9.17) is 15.0 Å². The molecule has 1 saturated carbocycles. The van der Waals surface area contributed by atoms with Crippen LogP contribution < -0.4 is 0 Å². The van der Waals surface area contributed by atoms with Gasteiger partial charge in [0.25, 0.3) is 0 Å². The number of pyridine rings is 3. The predicted octanol–water partition coefficient (Wildman–Crippen LogP) is 19.9. The monoisotopic (exact) mass is 1310 g/mol. The molecular weight excluding hydrogens is 1250 g/mol. The second-order valence-corrected chi connectivity index (χ2v) is 24.1. The fraction of sp³-hybridized carbons (Fsp3) is 0.197. The molecule has 3 nitrogen and oxygen atoms in total. The molecule has 1 fully saturated rings. The molecule has 6 heteroatoms. The van der Waals surface area contributed by atoms with E-state index in [1.54, 1.807) is 0 Å². The Balaban J connectivity index is 0.00000672. The quantitative estimate of drug-likeness (QED) is 0.128. The summed E-state index contributed by atoms with van der Waals surface area (Å²) in [5.41, 5.74) is 21.7. The maximum Gasteiger partial charge on any atom is 3.00 e. The molecule has 382 valence electrons. The van der Waals surface area contributed by atoms with E-state index in [1.165, 1.54) is 55.6 Å². The van der Waals surface area contributed by atoms with Gasteiger partial charge >= 0.3 is 20.1 Å². The molecule has 77 heavy (non-hydrogen) atoms. The second-order valence-electron chi connectivity index (χ2n) is 22.4. The van der Waals surface area contributed by atoms with Gasteiger partial charge in [-0.05, 0) is 117 Å². The Hall–Kier alpha value is -6.40. The minimum Gasteiger partial charge on any atom is -0.305 e. The third-order valence-corrected chi connectivity index (χ3v) is 16.7. The molecule has 2 unspecified atom stereocenters. The van der Waals surface area contributed by atoms with E-state index >= 15 is 0 Å². The summed E-state index contributed by atoms with van der Waals surface area (Å²) in [4.78, 5) is 14.3. The van der Waals surface area contributed by atoms with E-state index in [1.807, 2.05) is 30.7 Å². The summed E-state index contributed by atoms with van der Waals surface area (Å²) in [6, 6.07) is 77.0. The maximum absolute atomic E-state index is 4.80. The van der Waals surface area contributed by atoms with Gasteiger partial charge < -0.3 is 15.0 Å². The molecule has 3 aromatic heterocycles. The third kappa shape index (κ3) is 11.6. The first kappa shape index (κ1) is 54.0. The fourth-order valence-electron chi connectivity index (χ4n) is 11.3. The van der Waals surface area contributed by atoms with Gasteiger partial charge in [0.15, 0.2) is 0 Å². The Morgan fingerprint density at radius 3 is 1.19 bits per heavy atom. The summed E-state index contributed by atoms with van der Waals surface area (Å²) in [7, 11) is 0. The van der Waals surface area contributed by atoms with Gasteiger partial charge in [0.05, 0.1) is 0 Å². The number of nitrogens with zero attached hydrogens (tertiary/aromatic N) is 3. The van der Waals surface area contributed by atoms with Crippen molar-refractivity contribution in [1.82, 2.24) is 15.0 Å². The molecule has 10 aromatic rings. The zero-order valence-corrected chi connectivity index (χ0v) is 49.9. The van der Waals surface area contributed by atoms with E-state index in [9.17, 15) is 0 Å². The molecule has 0 aliphatic heterocycles. The van der Waals surface area contributed by atoms with E-state index in [0.717, 1.165) is 78.7 Å². The van der Waals surface area contributed by atoms with Gasteiger partial charge in [-0.1, -0.05) is 249 Å². The van der Waals surface area contributed by atoms with Crippen molar-refractivity contribution in [3.05, 3.63) is 256 Å². The number of hydrogen-bond donors (Lipinski definition) is 0. The zero-order valence-electron chi connectivity index (χ0n) is 44.3. The molecule has 1 aliphatic carbocycles. The first-order chi connectivity index (χ1) is 36.8. The van der Waals surface area contributed by atoms with Crippen LogP contribution >= 0.6 is 31.9 Å². The summed E-state index contributed by atoms with van der Waals surface area (Å²) in [6.45, 7) is 13.5. The Morgan fingerprint density at radius 2 is 0.766 bits per heavy atom. The first-order valence-corrected chi connectivity index (χ1v) is 28.0. The van der Waals surface area contributed by atoms with Crippen LogP contribution in [0.4, 0.5) is 0 Å². The number of rotatable bonds is 10. The Labute approximate surface area is 486 Å². The third-order valence-electron chi connectivity index (χ3n) is 15.4. The molecule has 3 heterocycles. The second kappa shape index (κ2) is 22.9. The van der Waals surface area contributed by atoms with Crippen LogP contribution in [0.15, 0.2) is 210 Å². The molecule has 11 rings (SSSR count). The van der Waals surface area contributed by atoms with Crippen molar-refractivity contribution in [2.24, 2.45) is 0 Å². The minimum atomic E-state index is 0. The number of hydrogen-bond acceptors (Lipinski definition) is 3. The van der Waals surface area contributed by atoms with Crippen molar-refractivity contribution in [2.75, 3.05) is 0 Å². The Bertz CT molecular complexity index is 3550. The van der Waals surface area contributed by atoms with Gasteiger partial charge in [0, 0.05) is 18.6 Å². The van der Waals surface area contributed by atoms with Crippen molar-refractivity contribution in [1.29, 1.82) is 0 Å². The molecule has 0 bridgehead atoms. The van der Waals surface area contributed by atoms with Gasteiger partial charge in [0.2, 0.25) is 0 Å². The van der Waals surface area contributed by atoms with Crippen LogP contribution in [0.5, 0.6) is 0 Å². The van der Waals surface area contributed by atoms with Crippen LogP contribution in [-0.2, 0) is 30.9 Å². The van der Waals surface area contributed by atoms with Gasteiger partial charge in [-0.15, -0.1) is 71.3 Å². The summed E-state index contributed by atoms with van der Waals surface area (Å²) < 4.78 is 2.06. The first-order valence-electron chi connectivity index (χ1n) is 26.4. The molecule has 7 aromatic carbocycles. The van der Waals surface area contributed by atoms with E-state index in [-0.39, 0.29) is 48.7 Å². The predicted molar refractivity (Wildman–Crippen MR) is 322 cm³/mol. The average molecular weight is 1310 g/mol. The maximum atomic E-state index is 4.80. The zero-order chi connectivity index (χ0) is 52.6. The average Bonchev–Trinajstić information content (AvgIpc) is 3.45. The number of benzene rings is 7. The van der Waals surface area contributed by atoms with Gasteiger partial charge in [-0.3, -0.25) is 0 Å². The normalized spacial score (nSPS) is 15.7. The number of aromatic nitrogens is 3. The smallest absolute Gasteiger partial charge is 0.305 e. The summed E-state index contributed by atoms with van der Waals surface area (Å²) in [5.74, 6) is 0.670. The largest absolute Gasteiger partial charge is 3.00 e. The van der Waals surface area contributed by atoms with Crippen LogP contribution in [0.3, 0.4) is 0 Å². The molecule has 0 N–H and O–H groups in total. The van der Waals surface area contributed by atoms with Crippen molar-refractivity contribution < 1.29 is 20.1 Å². The van der Waals surface area contributed by atoms with Gasteiger partial charge in [-0.2, -0.15) is 0 Å². The van der Waals surface area contributed by atoms with Crippen molar-refractivity contribution in [3.63, 3.8) is 0 Å². The Kier molecular flexibility index (Phi) is 16.1. The van der Waals surface area contributed by atoms with Crippen molar-refractivity contribution in [2.45, 2.75) is 89.4 Å². The Morgan fingerprint density at radius 1 is 0.377 bits per heavy atom. The van der Waals surface area contributed by atoms with Crippen molar-refractivity contribution >= 4 is 31.9 Å². The number of halogens is 2. The standard InChI is InChI=1S/C71H60Br2N3.Ir/c1-70(2,3)53-33-36-75-68(44-53)48-28-31-62(65(72)42-48)59-24-14-11-21-56(59)51-38-50(55-20-10-13-23-58(55)61-30-27-47(67-26-16-17-35-74-67)41-64(61)46-18-8-7-9-19-46)39-52(40-51)57-22-12-15-25-60(57)63-32-29-49(43-66(63)73)69-45-54(34-37-76-69)71(4,5)6;/h7-26,30-37,41-45,50-52H,38-40H2,1-6H3;/q-3;+3. The van der Waals surface area contributed by atoms with E-state index in [2.05, 4.69) is 261 Å². The summed E-state index contributed by atoms with van der Waals surface area (Å²) in [6.07, 6.45) is 8.65. The molecular formula is C71H60Br2IrN3. The van der Waals surface area contributed by atoms with Crippen LogP contribution in [0, 0.1) is 18.2 Å². The SMILES string of the molecule is CC(C)(C)c1ccnc(-c2[c-]cc(-c3ccccc3C3CC(c4ccccc4-c4c[c-]c(-c5cc(C(C)(C)C)ccn5)cc4Br)CC(c4ccccc4-c4c[c-]c(-c5ccccn5)cc4-c4ccccc4)C3)c(Br)c2)c1.[Ir+3]. The van der Waals surface area contributed by atoms with Crippen LogP contribution in [0.2, 0.25) is 0 Å². The van der Waals surface area contributed by atoms with Gasteiger partial charge in [-0.25, -0.2) is 0 Å². The summed E-state index contributed by atoms with van der Waals surface area (Å²) in [5, 5.41) is 0. The van der Waals surface area contributed by atoms with Crippen LogP contribution in [0.1, 0.15) is 106 Å². The van der Waals surface area contributed by atoms with Crippen LogP contribution in [-0.4, -0.2) is 15.0 Å². The fourth-order valence-corrected chi connectivity index (χ4v) is 12.5. The summed E-state index contributed by atoms with van der Waals surface area (Å²) >= 11 is 8.17. The van der Waals surface area contributed by atoms with E-state index < -0.39 is 0 Å². The molecule has 0 amide bonds. The molecule has 2 atom stereocenters. The minimum absolute atomic E-state index is 0. The van der Waals surface area contributed by atoms with Crippen LogP contribution in [0.25, 0.3) is 78.3 Å². The van der Waals surface area contributed by atoms with Crippen molar-refractivity contribution in [3.8, 4) is 78.3 Å². The van der Waals surface area contributed by atoms with Gasteiger partial charge in [0.1, 0.15) is 0 Å². The topological polar surface area (TPSA) is 38.7 Å². The molecule has 0 radical (unpaired) electrons. The molecule has 0 spiro atoms.